The number of hydrogen-bond donors (Lipinski definition) is 1. The molecule has 0 aromatic carbocycles. The zero-order valence-corrected chi connectivity index (χ0v) is 10.9. The van der Waals surface area contributed by atoms with Crippen LogP contribution < -0.4 is 5.73 Å². The van der Waals surface area contributed by atoms with Gasteiger partial charge in [-0.05, 0) is 44.2 Å². The molecule has 1 atom stereocenters. The van der Waals surface area contributed by atoms with Gasteiger partial charge in [0.1, 0.15) is 5.82 Å². The van der Waals surface area contributed by atoms with Crippen LogP contribution in [0.5, 0.6) is 0 Å². The molecule has 1 aliphatic rings. The van der Waals surface area contributed by atoms with Crippen molar-refractivity contribution in [1.82, 2.24) is 9.97 Å². The summed E-state index contributed by atoms with van der Waals surface area (Å²) in [5.74, 6) is 0.746. The van der Waals surface area contributed by atoms with Crippen molar-refractivity contribution < 1.29 is 13.2 Å². The summed E-state index contributed by atoms with van der Waals surface area (Å²) in [6.07, 6.45) is -2.57. The van der Waals surface area contributed by atoms with Crippen LogP contribution >= 0.6 is 0 Å². The van der Waals surface area contributed by atoms with Crippen molar-refractivity contribution in [1.29, 1.82) is 0 Å². The molecule has 1 unspecified atom stereocenters. The number of fused-ring (bicyclic) bond motifs is 1. The summed E-state index contributed by atoms with van der Waals surface area (Å²) < 4.78 is 36.6. The number of nitrogens with two attached hydrogens (primary N) is 1. The predicted molar refractivity (Wildman–Crippen MR) is 65.7 cm³/mol. The Kier molecular flexibility index (Phi) is 4.08. The molecule has 0 bridgehead atoms. The Hall–Kier alpha value is -1.17. The molecule has 1 heterocycles. The topological polar surface area (TPSA) is 51.8 Å². The molecule has 106 valence electrons. The van der Waals surface area contributed by atoms with Crippen molar-refractivity contribution in [2.75, 3.05) is 6.54 Å². The third kappa shape index (κ3) is 3.65. The largest absolute Gasteiger partial charge is 0.389 e. The summed E-state index contributed by atoms with van der Waals surface area (Å²) in [5, 5.41) is 0. The predicted octanol–water partition coefficient (Wildman–Crippen LogP) is 2.34. The second-order valence-electron chi connectivity index (χ2n) is 5.11. The lowest BCUT2D eigenvalue weighted by Gasteiger charge is -2.24. The number of aromatic nitrogens is 2. The van der Waals surface area contributed by atoms with Crippen LogP contribution in [-0.4, -0.2) is 22.7 Å². The molecule has 0 saturated carbocycles. The maximum atomic E-state index is 12.2. The Balaban J connectivity index is 2.16. The molecule has 6 heteroatoms. The minimum absolute atomic E-state index is 0.141. The highest BCUT2D eigenvalue weighted by Gasteiger charge is 2.28. The van der Waals surface area contributed by atoms with Gasteiger partial charge in [0.2, 0.25) is 0 Å². The quantitative estimate of drug-likeness (QED) is 0.919. The van der Waals surface area contributed by atoms with Gasteiger partial charge in [0.15, 0.2) is 0 Å². The van der Waals surface area contributed by atoms with Crippen molar-refractivity contribution in [2.24, 2.45) is 11.7 Å². The average molecular weight is 273 g/mol. The normalized spacial score (nSPS) is 19.3. The van der Waals surface area contributed by atoms with Crippen LogP contribution in [0.4, 0.5) is 13.2 Å². The van der Waals surface area contributed by atoms with Gasteiger partial charge in [0, 0.05) is 17.8 Å². The summed E-state index contributed by atoms with van der Waals surface area (Å²) in [5.41, 5.74) is 8.47. The van der Waals surface area contributed by atoms with Gasteiger partial charge in [-0.2, -0.15) is 13.2 Å². The Labute approximate surface area is 110 Å². The highest BCUT2D eigenvalue weighted by atomic mass is 19.4. The minimum Gasteiger partial charge on any atom is -0.330 e. The second kappa shape index (κ2) is 5.45. The van der Waals surface area contributed by atoms with E-state index in [4.69, 9.17) is 5.73 Å². The molecule has 0 aliphatic heterocycles. The maximum Gasteiger partial charge on any atom is 0.389 e. The lowest BCUT2D eigenvalue weighted by Crippen LogP contribution is -2.24. The highest BCUT2D eigenvalue weighted by Crippen LogP contribution is 2.27. The average Bonchev–Trinajstić information content (AvgIpc) is 2.35. The van der Waals surface area contributed by atoms with E-state index in [0.29, 0.717) is 18.3 Å². The van der Waals surface area contributed by atoms with Crippen LogP contribution in [0.3, 0.4) is 0 Å². The Morgan fingerprint density at radius 1 is 1.32 bits per heavy atom. The van der Waals surface area contributed by atoms with Crippen LogP contribution in [0, 0.1) is 12.8 Å². The first kappa shape index (κ1) is 14.2. The molecule has 2 N–H and O–H groups in total. The molecule has 0 saturated heterocycles. The van der Waals surface area contributed by atoms with Gasteiger partial charge in [-0.15, -0.1) is 0 Å². The lowest BCUT2D eigenvalue weighted by atomic mass is 9.86. The van der Waals surface area contributed by atoms with E-state index >= 15 is 0 Å². The van der Waals surface area contributed by atoms with E-state index in [1.54, 1.807) is 0 Å². The van der Waals surface area contributed by atoms with Crippen molar-refractivity contribution in [2.45, 2.75) is 45.2 Å². The summed E-state index contributed by atoms with van der Waals surface area (Å²) in [6, 6.07) is 0. The molecule has 0 fully saturated rings. The Morgan fingerprint density at radius 2 is 2.05 bits per heavy atom. The number of aryl methyl sites for hydroxylation is 3. The first-order chi connectivity index (χ1) is 8.89. The van der Waals surface area contributed by atoms with E-state index in [9.17, 15) is 13.2 Å². The van der Waals surface area contributed by atoms with Gasteiger partial charge in [0.25, 0.3) is 0 Å². The van der Waals surface area contributed by atoms with Crippen LogP contribution in [0.25, 0.3) is 0 Å². The molecule has 0 radical (unpaired) electrons. The highest BCUT2D eigenvalue weighted by molar-refractivity contribution is 5.28. The minimum atomic E-state index is -4.15. The fraction of sp³-hybridized carbons (Fsp3) is 0.692. The molecule has 1 aromatic heterocycles. The zero-order valence-electron chi connectivity index (χ0n) is 10.9. The molecule has 19 heavy (non-hydrogen) atoms. The molecule has 2 rings (SSSR count). The van der Waals surface area contributed by atoms with Gasteiger partial charge < -0.3 is 5.73 Å². The van der Waals surface area contributed by atoms with Gasteiger partial charge in [0.05, 0.1) is 6.42 Å². The van der Waals surface area contributed by atoms with Crippen LogP contribution in [0.1, 0.15) is 35.6 Å². The first-order valence-corrected chi connectivity index (χ1v) is 6.51. The lowest BCUT2D eigenvalue weighted by molar-refractivity contribution is -0.134. The molecule has 1 aliphatic carbocycles. The third-order valence-corrected chi connectivity index (χ3v) is 3.59. The van der Waals surface area contributed by atoms with Crippen molar-refractivity contribution in [3.05, 3.63) is 22.8 Å². The van der Waals surface area contributed by atoms with Gasteiger partial charge in [-0.25, -0.2) is 9.97 Å². The summed E-state index contributed by atoms with van der Waals surface area (Å²) in [6.45, 7) is 2.48. The molecular weight excluding hydrogens is 255 g/mol. The Morgan fingerprint density at radius 3 is 2.68 bits per heavy atom. The standard InChI is InChI=1S/C13H18F3N3/c1-8-10-6-9(7-17)2-3-11(10)19-12(18-8)4-5-13(14,15)16/h9H,2-7,17H2,1H3. The molecule has 1 aromatic rings. The molecular formula is C13H18F3N3. The van der Waals surface area contributed by atoms with Crippen LogP contribution in [0.2, 0.25) is 0 Å². The van der Waals surface area contributed by atoms with E-state index < -0.39 is 12.6 Å². The van der Waals surface area contributed by atoms with Crippen molar-refractivity contribution in [3.8, 4) is 0 Å². The van der Waals surface area contributed by atoms with E-state index in [0.717, 1.165) is 36.2 Å². The zero-order chi connectivity index (χ0) is 14.0. The van der Waals surface area contributed by atoms with Crippen LogP contribution in [-0.2, 0) is 19.3 Å². The summed E-state index contributed by atoms with van der Waals surface area (Å²) in [7, 11) is 0. The number of halogens is 3. The van der Waals surface area contributed by atoms with E-state index in [1.807, 2.05) is 6.92 Å². The summed E-state index contributed by atoms with van der Waals surface area (Å²) in [4.78, 5) is 8.50. The molecule has 0 amide bonds. The van der Waals surface area contributed by atoms with Crippen LogP contribution in [0.15, 0.2) is 0 Å². The first-order valence-electron chi connectivity index (χ1n) is 6.51. The number of hydrogen-bond acceptors (Lipinski definition) is 3. The maximum absolute atomic E-state index is 12.2. The Bertz CT molecular complexity index is 457. The van der Waals surface area contributed by atoms with Gasteiger partial charge >= 0.3 is 6.18 Å². The van der Waals surface area contributed by atoms with Crippen molar-refractivity contribution >= 4 is 0 Å². The van der Waals surface area contributed by atoms with Gasteiger partial charge in [-0.1, -0.05) is 0 Å². The fourth-order valence-corrected chi connectivity index (χ4v) is 2.49. The fourth-order valence-electron chi connectivity index (χ4n) is 2.49. The second-order valence-corrected chi connectivity index (χ2v) is 5.11. The molecule has 3 nitrogen and oxygen atoms in total. The van der Waals surface area contributed by atoms with E-state index in [-0.39, 0.29) is 6.42 Å². The summed E-state index contributed by atoms with van der Waals surface area (Å²) >= 11 is 0. The number of rotatable bonds is 3. The monoisotopic (exact) mass is 273 g/mol. The third-order valence-electron chi connectivity index (χ3n) is 3.59. The van der Waals surface area contributed by atoms with Gasteiger partial charge in [-0.3, -0.25) is 0 Å². The van der Waals surface area contributed by atoms with Crippen molar-refractivity contribution in [3.63, 3.8) is 0 Å². The molecule has 0 spiro atoms. The SMILES string of the molecule is Cc1nc(CCC(F)(F)F)nc2c1CC(CN)CC2. The smallest absolute Gasteiger partial charge is 0.330 e. The van der Waals surface area contributed by atoms with E-state index in [2.05, 4.69) is 9.97 Å². The van der Waals surface area contributed by atoms with E-state index in [1.165, 1.54) is 0 Å². The number of alkyl halides is 3. The number of nitrogens with zero attached hydrogens (tertiary/aromatic N) is 2.